The predicted octanol–water partition coefficient (Wildman–Crippen LogP) is 4.40. The standard InChI is InChI=1S/C24H40BrN3O3S/c1-5-28(32(29,30)26(2)3)22-8-6-19(7-9-22)12-14-27-15-13-20(18-27)16-21-17-23(31-4)10-11-24(21)25/h10-11,17,19-20,22H,5-9,12-16,18H2,1-4H3/t19-,20?,22-. The van der Waals surface area contributed by atoms with Gasteiger partial charge >= 0.3 is 0 Å². The summed E-state index contributed by atoms with van der Waals surface area (Å²) in [5, 5.41) is 0. The fourth-order valence-corrected chi connectivity index (χ4v) is 7.08. The molecule has 1 aromatic rings. The highest BCUT2D eigenvalue weighted by atomic mass is 79.9. The maximum Gasteiger partial charge on any atom is 0.281 e. The van der Waals surface area contributed by atoms with Crippen LogP contribution in [0.1, 0.15) is 51.0 Å². The Morgan fingerprint density at radius 2 is 1.84 bits per heavy atom. The second kappa shape index (κ2) is 11.6. The van der Waals surface area contributed by atoms with E-state index in [2.05, 4.69) is 33.0 Å². The number of likely N-dealkylation sites (tertiary alicyclic amines) is 1. The first kappa shape index (κ1) is 25.9. The predicted molar refractivity (Wildman–Crippen MR) is 134 cm³/mol. The second-order valence-electron chi connectivity index (χ2n) is 9.57. The van der Waals surface area contributed by atoms with E-state index >= 15 is 0 Å². The van der Waals surface area contributed by atoms with Gasteiger partial charge in [-0.3, -0.25) is 0 Å². The molecule has 1 aliphatic heterocycles. The molecule has 1 unspecified atom stereocenters. The summed E-state index contributed by atoms with van der Waals surface area (Å²) in [5.74, 6) is 2.34. The summed E-state index contributed by atoms with van der Waals surface area (Å²) >= 11 is 3.69. The van der Waals surface area contributed by atoms with Crippen molar-refractivity contribution in [1.82, 2.24) is 13.5 Å². The van der Waals surface area contributed by atoms with Gasteiger partial charge in [-0.1, -0.05) is 22.9 Å². The normalized spacial score (nSPS) is 25.0. The minimum absolute atomic E-state index is 0.154. The van der Waals surface area contributed by atoms with Gasteiger partial charge < -0.3 is 9.64 Å². The monoisotopic (exact) mass is 529 g/mol. The van der Waals surface area contributed by atoms with Crippen molar-refractivity contribution in [3.8, 4) is 5.75 Å². The fraction of sp³-hybridized carbons (Fsp3) is 0.750. The van der Waals surface area contributed by atoms with Crippen LogP contribution in [0, 0.1) is 11.8 Å². The number of rotatable bonds is 10. The Hall–Kier alpha value is -0.670. The quantitative estimate of drug-likeness (QED) is 0.450. The molecule has 0 radical (unpaired) electrons. The third-order valence-electron chi connectivity index (χ3n) is 7.28. The lowest BCUT2D eigenvalue weighted by atomic mass is 9.84. The van der Waals surface area contributed by atoms with E-state index in [0.29, 0.717) is 12.5 Å². The number of ether oxygens (including phenoxy) is 1. The van der Waals surface area contributed by atoms with Gasteiger partial charge in [0.05, 0.1) is 7.11 Å². The van der Waals surface area contributed by atoms with Crippen LogP contribution < -0.4 is 4.74 Å². The zero-order valence-corrected chi connectivity index (χ0v) is 22.5. The van der Waals surface area contributed by atoms with Crippen molar-refractivity contribution in [3.63, 3.8) is 0 Å². The lowest BCUT2D eigenvalue weighted by molar-refractivity contribution is 0.193. The SMILES string of the molecule is CCN([C@H]1CC[C@H](CCN2CCC(Cc3cc(OC)ccc3Br)C2)CC1)S(=O)(=O)N(C)C. The fourth-order valence-electron chi connectivity index (χ4n) is 5.33. The van der Waals surface area contributed by atoms with Crippen LogP contribution in [0.3, 0.4) is 0 Å². The number of methoxy groups -OCH3 is 1. The topological polar surface area (TPSA) is 53.1 Å². The van der Waals surface area contributed by atoms with Crippen molar-refractivity contribution in [2.75, 3.05) is 47.4 Å². The molecule has 1 saturated carbocycles. The number of hydrogen-bond donors (Lipinski definition) is 0. The lowest BCUT2D eigenvalue weighted by Crippen LogP contribution is -2.47. The molecule has 8 heteroatoms. The van der Waals surface area contributed by atoms with Gasteiger partial charge in [-0.25, -0.2) is 0 Å². The Bertz CT molecular complexity index is 841. The van der Waals surface area contributed by atoms with Gasteiger partial charge in [-0.2, -0.15) is 17.0 Å². The van der Waals surface area contributed by atoms with Crippen molar-refractivity contribution < 1.29 is 13.2 Å². The molecule has 1 heterocycles. The molecule has 1 aliphatic carbocycles. The van der Waals surface area contributed by atoms with Gasteiger partial charge in [0.25, 0.3) is 10.2 Å². The van der Waals surface area contributed by atoms with E-state index in [1.54, 1.807) is 25.5 Å². The van der Waals surface area contributed by atoms with Crippen LogP contribution in [0.25, 0.3) is 0 Å². The Balaban J connectivity index is 1.42. The molecule has 1 aromatic carbocycles. The molecule has 0 amide bonds. The van der Waals surface area contributed by atoms with E-state index in [1.165, 1.54) is 46.8 Å². The first-order chi connectivity index (χ1) is 15.2. The third kappa shape index (κ3) is 6.47. The van der Waals surface area contributed by atoms with Gasteiger partial charge in [0.2, 0.25) is 0 Å². The van der Waals surface area contributed by atoms with Crippen molar-refractivity contribution >= 4 is 26.1 Å². The number of hydrogen-bond acceptors (Lipinski definition) is 4. The average molecular weight is 531 g/mol. The van der Waals surface area contributed by atoms with E-state index in [-0.39, 0.29) is 6.04 Å². The van der Waals surface area contributed by atoms with E-state index in [1.807, 2.05) is 13.0 Å². The van der Waals surface area contributed by atoms with Crippen LogP contribution in [0.15, 0.2) is 22.7 Å². The molecule has 0 bridgehead atoms. The molecule has 1 atom stereocenters. The molecule has 2 fully saturated rings. The van der Waals surface area contributed by atoms with Crippen LogP contribution in [0.4, 0.5) is 0 Å². The molecule has 182 valence electrons. The molecule has 32 heavy (non-hydrogen) atoms. The average Bonchev–Trinajstić information content (AvgIpc) is 3.22. The summed E-state index contributed by atoms with van der Waals surface area (Å²) in [6.45, 7) is 6.02. The molecule has 0 aromatic heterocycles. The molecule has 1 saturated heterocycles. The van der Waals surface area contributed by atoms with Crippen molar-refractivity contribution in [3.05, 3.63) is 28.2 Å². The van der Waals surface area contributed by atoms with Gasteiger partial charge in [-0.05, 0) is 93.6 Å². The summed E-state index contributed by atoms with van der Waals surface area (Å²) in [6.07, 6.45) is 7.82. The maximum atomic E-state index is 12.6. The van der Waals surface area contributed by atoms with Crippen LogP contribution in [-0.4, -0.2) is 75.4 Å². The Kier molecular flexibility index (Phi) is 9.44. The van der Waals surface area contributed by atoms with E-state index < -0.39 is 10.2 Å². The van der Waals surface area contributed by atoms with Crippen LogP contribution >= 0.6 is 15.9 Å². The summed E-state index contributed by atoms with van der Waals surface area (Å²) in [5.41, 5.74) is 1.34. The highest BCUT2D eigenvalue weighted by Gasteiger charge is 2.33. The molecule has 2 aliphatic rings. The largest absolute Gasteiger partial charge is 0.497 e. The molecule has 0 N–H and O–H groups in total. The minimum atomic E-state index is -3.32. The summed E-state index contributed by atoms with van der Waals surface area (Å²) in [7, 11) is 1.65. The summed E-state index contributed by atoms with van der Waals surface area (Å²) in [6, 6.07) is 6.39. The first-order valence-electron chi connectivity index (χ1n) is 12.0. The Morgan fingerprint density at radius 1 is 1.12 bits per heavy atom. The van der Waals surface area contributed by atoms with Crippen LogP contribution in [-0.2, 0) is 16.6 Å². The van der Waals surface area contributed by atoms with Crippen molar-refractivity contribution in [2.24, 2.45) is 11.8 Å². The van der Waals surface area contributed by atoms with Crippen LogP contribution in [0.2, 0.25) is 0 Å². The summed E-state index contributed by atoms with van der Waals surface area (Å²) in [4.78, 5) is 2.62. The molecular weight excluding hydrogens is 490 g/mol. The third-order valence-corrected chi connectivity index (χ3v) is 10.1. The zero-order valence-electron chi connectivity index (χ0n) is 20.1. The highest BCUT2D eigenvalue weighted by Crippen LogP contribution is 2.33. The van der Waals surface area contributed by atoms with Crippen molar-refractivity contribution in [1.29, 1.82) is 0 Å². The maximum absolute atomic E-state index is 12.6. The molecule has 3 rings (SSSR count). The number of benzene rings is 1. The lowest BCUT2D eigenvalue weighted by Gasteiger charge is -2.37. The molecule has 6 nitrogen and oxygen atoms in total. The van der Waals surface area contributed by atoms with Gasteiger partial charge in [0.15, 0.2) is 0 Å². The number of nitrogens with zero attached hydrogens (tertiary/aromatic N) is 3. The molecule has 0 spiro atoms. The van der Waals surface area contributed by atoms with Crippen molar-refractivity contribution in [2.45, 2.75) is 57.9 Å². The van der Waals surface area contributed by atoms with E-state index in [0.717, 1.165) is 43.8 Å². The zero-order chi connectivity index (χ0) is 23.3. The Labute approximate surface area is 203 Å². The molecular formula is C24H40BrN3O3S. The highest BCUT2D eigenvalue weighted by molar-refractivity contribution is 9.10. The number of halogens is 1. The van der Waals surface area contributed by atoms with E-state index in [4.69, 9.17) is 4.74 Å². The summed E-state index contributed by atoms with van der Waals surface area (Å²) < 4.78 is 34.8. The van der Waals surface area contributed by atoms with Crippen LogP contribution in [0.5, 0.6) is 5.75 Å². The second-order valence-corrected chi connectivity index (χ2v) is 12.5. The smallest absolute Gasteiger partial charge is 0.281 e. The first-order valence-corrected chi connectivity index (χ1v) is 14.2. The van der Waals surface area contributed by atoms with E-state index in [9.17, 15) is 8.42 Å². The van der Waals surface area contributed by atoms with Gasteiger partial charge in [0, 0.05) is 37.7 Å². The Morgan fingerprint density at radius 3 is 2.47 bits per heavy atom. The minimum Gasteiger partial charge on any atom is -0.497 e. The van der Waals surface area contributed by atoms with Gasteiger partial charge in [0.1, 0.15) is 5.75 Å². The van der Waals surface area contributed by atoms with Gasteiger partial charge in [-0.15, -0.1) is 0 Å².